The molecule has 7 heteroatoms. The number of para-hydroxylation sites is 1. The second kappa shape index (κ2) is 8.32. The molecule has 28 heavy (non-hydrogen) atoms. The molecule has 0 aliphatic carbocycles. The van der Waals surface area contributed by atoms with Crippen molar-refractivity contribution in [3.8, 4) is 0 Å². The molecular weight excluding hydrogens is 376 g/mol. The fourth-order valence-electron chi connectivity index (χ4n) is 3.53. The Kier molecular flexibility index (Phi) is 6.05. The predicted octanol–water partition coefficient (Wildman–Crippen LogP) is 3.20. The van der Waals surface area contributed by atoms with Gasteiger partial charge in [0.25, 0.3) is 0 Å². The Balaban J connectivity index is 1.91. The summed E-state index contributed by atoms with van der Waals surface area (Å²) in [5, 5.41) is 0. The second-order valence-electron chi connectivity index (χ2n) is 7.06. The number of aryl methyl sites for hydroxylation is 1. The van der Waals surface area contributed by atoms with E-state index in [1.54, 1.807) is 26.1 Å². The molecule has 1 aliphatic rings. The summed E-state index contributed by atoms with van der Waals surface area (Å²) >= 11 is 0. The summed E-state index contributed by atoms with van der Waals surface area (Å²) < 4.78 is 32.5. The van der Waals surface area contributed by atoms with Gasteiger partial charge in [-0.2, -0.15) is 4.31 Å². The van der Waals surface area contributed by atoms with E-state index in [1.807, 2.05) is 24.3 Å². The van der Waals surface area contributed by atoms with E-state index in [9.17, 15) is 13.2 Å². The Morgan fingerprint density at radius 3 is 2.50 bits per heavy atom. The van der Waals surface area contributed by atoms with Crippen molar-refractivity contribution in [3.63, 3.8) is 0 Å². The lowest BCUT2D eigenvalue weighted by Gasteiger charge is -2.24. The van der Waals surface area contributed by atoms with Crippen LogP contribution in [0.4, 0.5) is 5.69 Å². The third-order valence-electron chi connectivity index (χ3n) is 5.13. The zero-order chi connectivity index (χ0) is 20.3. The van der Waals surface area contributed by atoms with Gasteiger partial charge in [-0.1, -0.05) is 24.3 Å². The van der Waals surface area contributed by atoms with Gasteiger partial charge < -0.3 is 9.64 Å². The molecule has 0 radical (unpaired) electrons. The quantitative estimate of drug-likeness (QED) is 0.694. The number of anilines is 1. The molecule has 0 spiro atoms. The molecule has 6 nitrogen and oxygen atoms in total. The number of esters is 1. The molecule has 2 aromatic rings. The van der Waals surface area contributed by atoms with E-state index in [2.05, 4.69) is 4.90 Å². The second-order valence-corrected chi connectivity index (χ2v) is 9.07. The van der Waals surface area contributed by atoms with E-state index in [1.165, 1.54) is 17.5 Å². The average Bonchev–Trinajstić information content (AvgIpc) is 3.22. The molecule has 0 unspecified atom stereocenters. The Bertz CT molecular complexity index is 966. The molecule has 150 valence electrons. The van der Waals surface area contributed by atoms with Gasteiger partial charge in [-0.15, -0.1) is 0 Å². The number of hydrogen-bond donors (Lipinski definition) is 0. The fraction of sp³-hybridized carbons (Fsp3) is 0.381. The van der Waals surface area contributed by atoms with Crippen LogP contribution in [-0.4, -0.2) is 45.9 Å². The summed E-state index contributed by atoms with van der Waals surface area (Å²) in [4.78, 5) is 14.2. The van der Waals surface area contributed by atoms with E-state index < -0.39 is 16.0 Å². The molecule has 0 N–H and O–H groups in total. The Hall–Kier alpha value is -2.38. The first-order chi connectivity index (χ1) is 13.3. The van der Waals surface area contributed by atoms with Crippen molar-refractivity contribution < 1.29 is 17.9 Å². The minimum Gasteiger partial charge on any atom is -0.465 e. The third-order valence-corrected chi connectivity index (χ3v) is 7.07. The van der Waals surface area contributed by atoms with Gasteiger partial charge in [0.1, 0.15) is 0 Å². The monoisotopic (exact) mass is 402 g/mol. The number of ether oxygens (including phenoxy) is 1. The molecule has 2 aromatic carbocycles. The maximum Gasteiger partial charge on any atom is 0.337 e. The van der Waals surface area contributed by atoms with Crippen molar-refractivity contribution in [3.05, 3.63) is 59.2 Å². The smallest absolute Gasteiger partial charge is 0.337 e. The molecule has 0 amide bonds. The molecule has 1 fully saturated rings. The standard InChI is InChI=1S/C21H26N2O4S/c1-16-10-11-17(21(24)27-3)14-20(16)28(25,26)22(2)15-18-8-4-5-9-19(18)23-12-6-7-13-23/h4-5,8-11,14H,6-7,12-13,15H2,1-3H3. The normalized spacial score (nSPS) is 14.5. The van der Waals surface area contributed by atoms with Gasteiger partial charge in [0, 0.05) is 32.4 Å². The highest BCUT2D eigenvalue weighted by Gasteiger charge is 2.26. The molecule has 0 bridgehead atoms. The van der Waals surface area contributed by atoms with Crippen LogP contribution in [0.2, 0.25) is 0 Å². The summed E-state index contributed by atoms with van der Waals surface area (Å²) in [6.07, 6.45) is 2.31. The topological polar surface area (TPSA) is 66.9 Å². The summed E-state index contributed by atoms with van der Waals surface area (Å²) in [6, 6.07) is 12.5. The summed E-state index contributed by atoms with van der Waals surface area (Å²) in [5.41, 5.74) is 2.87. The van der Waals surface area contributed by atoms with Crippen LogP contribution in [0.5, 0.6) is 0 Å². The number of hydrogen-bond acceptors (Lipinski definition) is 5. The lowest BCUT2D eigenvalue weighted by molar-refractivity contribution is 0.0600. The summed E-state index contributed by atoms with van der Waals surface area (Å²) in [7, 11) is -0.920. The Morgan fingerprint density at radius 1 is 1.14 bits per heavy atom. The highest BCUT2D eigenvalue weighted by atomic mass is 32.2. The van der Waals surface area contributed by atoms with Crippen molar-refractivity contribution in [1.29, 1.82) is 0 Å². The number of nitrogens with zero attached hydrogens (tertiary/aromatic N) is 2. The van der Waals surface area contributed by atoms with Crippen LogP contribution in [0.25, 0.3) is 0 Å². The number of sulfonamides is 1. The van der Waals surface area contributed by atoms with Gasteiger partial charge in [-0.3, -0.25) is 0 Å². The van der Waals surface area contributed by atoms with Gasteiger partial charge >= 0.3 is 5.97 Å². The first-order valence-electron chi connectivity index (χ1n) is 9.32. The molecule has 1 saturated heterocycles. The largest absolute Gasteiger partial charge is 0.465 e. The van der Waals surface area contributed by atoms with Crippen LogP contribution in [0.15, 0.2) is 47.4 Å². The number of methoxy groups -OCH3 is 1. The third kappa shape index (κ3) is 4.05. The highest BCUT2D eigenvalue weighted by molar-refractivity contribution is 7.89. The lowest BCUT2D eigenvalue weighted by atomic mass is 10.1. The van der Waals surface area contributed by atoms with Gasteiger partial charge in [0.15, 0.2) is 0 Å². The number of rotatable bonds is 6. The van der Waals surface area contributed by atoms with Crippen LogP contribution in [0.1, 0.15) is 34.3 Å². The SMILES string of the molecule is COC(=O)c1ccc(C)c(S(=O)(=O)N(C)Cc2ccccc2N2CCCC2)c1. The molecule has 0 saturated carbocycles. The molecule has 0 atom stereocenters. The number of benzene rings is 2. The lowest BCUT2D eigenvalue weighted by Crippen LogP contribution is -2.29. The molecule has 1 heterocycles. The van der Waals surface area contributed by atoms with E-state index >= 15 is 0 Å². The van der Waals surface area contributed by atoms with Gasteiger partial charge in [0.05, 0.1) is 17.6 Å². The van der Waals surface area contributed by atoms with Crippen LogP contribution in [0, 0.1) is 6.92 Å². The average molecular weight is 403 g/mol. The highest BCUT2D eigenvalue weighted by Crippen LogP contribution is 2.28. The van der Waals surface area contributed by atoms with Gasteiger partial charge in [-0.05, 0) is 49.1 Å². The first kappa shape index (κ1) is 20.4. The zero-order valence-electron chi connectivity index (χ0n) is 16.5. The van der Waals surface area contributed by atoms with E-state index in [0.29, 0.717) is 5.56 Å². The van der Waals surface area contributed by atoms with Gasteiger partial charge in [0.2, 0.25) is 10.0 Å². The van der Waals surface area contributed by atoms with Crippen molar-refractivity contribution >= 4 is 21.7 Å². The first-order valence-corrected chi connectivity index (χ1v) is 10.8. The summed E-state index contributed by atoms with van der Waals surface area (Å²) in [6.45, 7) is 3.97. The van der Waals surface area contributed by atoms with E-state index in [4.69, 9.17) is 4.74 Å². The zero-order valence-corrected chi connectivity index (χ0v) is 17.3. The van der Waals surface area contributed by atoms with Crippen molar-refractivity contribution in [2.45, 2.75) is 31.2 Å². The van der Waals surface area contributed by atoms with Crippen molar-refractivity contribution in [1.82, 2.24) is 4.31 Å². The van der Waals surface area contributed by atoms with E-state index in [0.717, 1.165) is 37.2 Å². The van der Waals surface area contributed by atoms with Crippen molar-refractivity contribution in [2.75, 3.05) is 32.1 Å². The molecular formula is C21H26N2O4S. The van der Waals surface area contributed by atoms with Crippen LogP contribution < -0.4 is 4.90 Å². The van der Waals surface area contributed by atoms with Crippen LogP contribution in [0.3, 0.4) is 0 Å². The summed E-state index contributed by atoms with van der Waals surface area (Å²) in [5.74, 6) is -0.557. The predicted molar refractivity (Wildman–Crippen MR) is 109 cm³/mol. The Morgan fingerprint density at radius 2 is 1.82 bits per heavy atom. The minimum atomic E-state index is -3.77. The molecule has 3 rings (SSSR count). The molecule has 0 aromatic heterocycles. The van der Waals surface area contributed by atoms with Crippen LogP contribution in [-0.2, 0) is 21.3 Å². The maximum atomic E-state index is 13.2. The number of carbonyl (C=O) groups excluding carboxylic acids is 1. The number of carbonyl (C=O) groups is 1. The Labute approximate surface area is 166 Å². The molecule has 1 aliphatic heterocycles. The minimum absolute atomic E-state index is 0.122. The van der Waals surface area contributed by atoms with Gasteiger partial charge in [-0.25, -0.2) is 13.2 Å². The van der Waals surface area contributed by atoms with Crippen molar-refractivity contribution in [2.24, 2.45) is 0 Å². The maximum absolute atomic E-state index is 13.2. The van der Waals surface area contributed by atoms with Crippen LogP contribution >= 0.6 is 0 Å². The van der Waals surface area contributed by atoms with E-state index in [-0.39, 0.29) is 17.0 Å². The fourth-order valence-corrected chi connectivity index (χ4v) is 4.92.